The summed E-state index contributed by atoms with van der Waals surface area (Å²) in [5, 5.41) is 9.22. The number of aliphatic imine (C=N–C) groups is 1. The predicted octanol–water partition coefficient (Wildman–Crippen LogP) is 1.40. The number of amides is 1. The number of rotatable bonds is 6. The minimum absolute atomic E-state index is 0.0158. The maximum Gasteiger partial charge on any atom is 0.220 e. The quantitative estimate of drug-likeness (QED) is 0.525. The van der Waals surface area contributed by atoms with Crippen LogP contribution in [0, 0.1) is 11.6 Å². The molecule has 0 aliphatic carbocycles. The lowest BCUT2D eigenvalue weighted by Crippen LogP contribution is -2.51. The molecule has 1 saturated heterocycles. The lowest BCUT2D eigenvalue weighted by Gasteiger charge is -2.27. The first-order valence-corrected chi connectivity index (χ1v) is 8.84. The zero-order valence-corrected chi connectivity index (χ0v) is 15.5. The molecule has 2 unspecified atom stereocenters. The van der Waals surface area contributed by atoms with Crippen LogP contribution >= 0.6 is 0 Å². The molecular formula is C18H27F2N5O. The Balaban J connectivity index is 2.13. The lowest BCUT2D eigenvalue weighted by atomic mass is 10.0. The summed E-state index contributed by atoms with van der Waals surface area (Å²) in [4.78, 5) is 17.5. The summed E-state index contributed by atoms with van der Waals surface area (Å²) >= 11 is 0. The van der Waals surface area contributed by atoms with E-state index in [1.807, 2.05) is 6.92 Å². The van der Waals surface area contributed by atoms with Crippen LogP contribution in [0.15, 0.2) is 23.2 Å². The summed E-state index contributed by atoms with van der Waals surface area (Å²) in [5.74, 6) is -0.538. The van der Waals surface area contributed by atoms with E-state index in [0.717, 1.165) is 6.42 Å². The molecule has 6 nitrogen and oxygen atoms in total. The monoisotopic (exact) mass is 367 g/mol. The summed E-state index contributed by atoms with van der Waals surface area (Å²) in [6, 6.07) is 3.42. The van der Waals surface area contributed by atoms with Gasteiger partial charge in [0.25, 0.3) is 0 Å². The zero-order chi connectivity index (χ0) is 19.1. The van der Waals surface area contributed by atoms with E-state index in [0.29, 0.717) is 25.5 Å². The molecule has 0 bridgehead atoms. The van der Waals surface area contributed by atoms with Crippen LogP contribution in [0.5, 0.6) is 0 Å². The number of hydrogen-bond acceptors (Lipinski definition) is 3. The fraction of sp³-hybridized carbons (Fsp3) is 0.556. The normalized spacial score (nSPS) is 19.2. The van der Waals surface area contributed by atoms with Crippen LogP contribution < -0.4 is 16.0 Å². The van der Waals surface area contributed by atoms with Crippen molar-refractivity contribution in [2.45, 2.75) is 31.8 Å². The van der Waals surface area contributed by atoms with Gasteiger partial charge in [-0.3, -0.25) is 9.79 Å². The average molecular weight is 367 g/mol. The number of benzene rings is 1. The first-order chi connectivity index (χ1) is 12.4. The minimum Gasteiger partial charge on any atom is -0.357 e. The fourth-order valence-corrected chi connectivity index (χ4v) is 2.89. The van der Waals surface area contributed by atoms with Gasteiger partial charge in [-0.1, -0.05) is 6.07 Å². The molecule has 2 atom stereocenters. The molecule has 2 rings (SSSR count). The summed E-state index contributed by atoms with van der Waals surface area (Å²) in [6.07, 6.45) is 1.19. The van der Waals surface area contributed by atoms with E-state index in [4.69, 9.17) is 0 Å². The molecule has 0 aromatic heterocycles. The Labute approximate surface area is 153 Å². The van der Waals surface area contributed by atoms with E-state index in [1.54, 1.807) is 19.0 Å². The molecule has 1 aromatic rings. The van der Waals surface area contributed by atoms with E-state index >= 15 is 0 Å². The third-order valence-electron chi connectivity index (χ3n) is 4.33. The first-order valence-electron chi connectivity index (χ1n) is 8.84. The molecule has 0 saturated carbocycles. The highest BCUT2D eigenvalue weighted by Gasteiger charge is 2.23. The SMILES string of the molecule is CCNC(=NCC(c1c(F)cccc1F)N(C)C)NC1CCC(=O)NC1. The molecule has 0 spiro atoms. The van der Waals surface area contributed by atoms with Crippen molar-refractivity contribution in [1.82, 2.24) is 20.9 Å². The van der Waals surface area contributed by atoms with E-state index in [-0.39, 0.29) is 24.1 Å². The second-order valence-electron chi connectivity index (χ2n) is 6.52. The Morgan fingerprint density at radius 2 is 2.08 bits per heavy atom. The number of carbonyl (C=O) groups excluding carboxylic acids is 1. The van der Waals surface area contributed by atoms with Crippen molar-refractivity contribution in [3.05, 3.63) is 35.4 Å². The molecule has 0 radical (unpaired) electrons. The summed E-state index contributed by atoms with van der Waals surface area (Å²) in [6.45, 7) is 3.33. The highest BCUT2D eigenvalue weighted by molar-refractivity contribution is 5.81. The van der Waals surface area contributed by atoms with Gasteiger partial charge < -0.3 is 20.9 Å². The second kappa shape index (κ2) is 9.47. The topological polar surface area (TPSA) is 68.8 Å². The predicted molar refractivity (Wildman–Crippen MR) is 97.9 cm³/mol. The third kappa shape index (κ3) is 5.39. The number of halogens is 2. The molecule has 26 heavy (non-hydrogen) atoms. The smallest absolute Gasteiger partial charge is 0.220 e. The van der Waals surface area contributed by atoms with Crippen molar-refractivity contribution in [3.63, 3.8) is 0 Å². The van der Waals surface area contributed by atoms with Gasteiger partial charge in [0.05, 0.1) is 12.6 Å². The molecule has 1 aliphatic heterocycles. The van der Waals surface area contributed by atoms with Crippen molar-refractivity contribution in [2.24, 2.45) is 4.99 Å². The third-order valence-corrected chi connectivity index (χ3v) is 4.33. The molecular weight excluding hydrogens is 340 g/mol. The number of carbonyl (C=O) groups is 1. The number of nitrogens with zero attached hydrogens (tertiary/aromatic N) is 2. The van der Waals surface area contributed by atoms with E-state index in [9.17, 15) is 13.6 Å². The Kier molecular flexibility index (Phi) is 7.32. The highest BCUT2D eigenvalue weighted by atomic mass is 19.1. The van der Waals surface area contributed by atoms with Crippen molar-refractivity contribution in [2.75, 3.05) is 33.7 Å². The van der Waals surface area contributed by atoms with Crippen LogP contribution in [0.1, 0.15) is 31.4 Å². The number of piperidine rings is 1. The van der Waals surface area contributed by atoms with Crippen LogP contribution in [0.25, 0.3) is 0 Å². The van der Waals surface area contributed by atoms with Gasteiger partial charge >= 0.3 is 0 Å². The van der Waals surface area contributed by atoms with Crippen molar-refractivity contribution >= 4 is 11.9 Å². The highest BCUT2D eigenvalue weighted by Crippen LogP contribution is 2.24. The van der Waals surface area contributed by atoms with Gasteiger partial charge in [-0.15, -0.1) is 0 Å². The minimum atomic E-state index is -0.577. The van der Waals surface area contributed by atoms with Crippen molar-refractivity contribution in [1.29, 1.82) is 0 Å². The largest absolute Gasteiger partial charge is 0.357 e. The standard InChI is InChI=1S/C18H27F2N5O/c1-4-21-18(24-12-8-9-16(26)22-10-12)23-11-15(25(2)3)17-13(19)6-5-7-14(17)20/h5-7,12,15H,4,8-11H2,1-3H3,(H,22,26)(H2,21,23,24). The summed E-state index contributed by atoms with van der Waals surface area (Å²) in [7, 11) is 3.53. The van der Waals surface area contributed by atoms with Gasteiger partial charge in [-0.05, 0) is 39.6 Å². The fourth-order valence-electron chi connectivity index (χ4n) is 2.89. The molecule has 1 aliphatic rings. The average Bonchev–Trinajstić information content (AvgIpc) is 2.59. The molecule has 1 fully saturated rings. The van der Waals surface area contributed by atoms with E-state index in [2.05, 4.69) is 20.9 Å². The van der Waals surface area contributed by atoms with Crippen LogP contribution in [0.3, 0.4) is 0 Å². The van der Waals surface area contributed by atoms with Gasteiger partial charge in [0, 0.05) is 31.1 Å². The van der Waals surface area contributed by atoms with E-state index in [1.165, 1.54) is 18.2 Å². The van der Waals surface area contributed by atoms with Gasteiger partial charge in [-0.2, -0.15) is 0 Å². The van der Waals surface area contributed by atoms with Crippen LogP contribution in [-0.2, 0) is 4.79 Å². The summed E-state index contributed by atoms with van der Waals surface area (Å²) < 4.78 is 28.3. The van der Waals surface area contributed by atoms with E-state index < -0.39 is 17.7 Å². The second-order valence-corrected chi connectivity index (χ2v) is 6.52. The van der Waals surface area contributed by atoms with Gasteiger partial charge in [0.1, 0.15) is 11.6 Å². The van der Waals surface area contributed by atoms with Crippen LogP contribution in [0.4, 0.5) is 8.78 Å². The zero-order valence-electron chi connectivity index (χ0n) is 15.5. The van der Waals surface area contributed by atoms with Crippen LogP contribution in [0.2, 0.25) is 0 Å². The maximum absolute atomic E-state index is 14.2. The first kappa shape index (κ1) is 20.1. The number of likely N-dealkylation sites (N-methyl/N-ethyl adjacent to an activating group) is 1. The Morgan fingerprint density at radius 3 is 2.62 bits per heavy atom. The summed E-state index contributed by atoms with van der Waals surface area (Å²) in [5.41, 5.74) is 0.0158. The Bertz CT molecular complexity index is 620. The lowest BCUT2D eigenvalue weighted by molar-refractivity contribution is -0.122. The van der Waals surface area contributed by atoms with Crippen molar-refractivity contribution in [3.8, 4) is 0 Å². The number of guanidine groups is 1. The molecule has 8 heteroatoms. The number of nitrogens with one attached hydrogen (secondary N) is 3. The Morgan fingerprint density at radius 1 is 1.38 bits per heavy atom. The van der Waals surface area contributed by atoms with Crippen LogP contribution in [-0.4, -0.2) is 56.5 Å². The van der Waals surface area contributed by atoms with Gasteiger partial charge in [-0.25, -0.2) is 8.78 Å². The molecule has 1 amide bonds. The molecule has 3 N–H and O–H groups in total. The molecule has 1 heterocycles. The van der Waals surface area contributed by atoms with Gasteiger partial charge in [0.15, 0.2) is 5.96 Å². The van der Waals surface area contributed by atoms with Crippen molar-refractivity contribution < 1.29 is 13.6 Å². The van der Waals surface area contributed by atoms with Gasteiger partial charge in [0.2, 0.25) is 5.91 Å². The maximum atomic E-state index is 14.2. The Hall–Kier alpha value is -2.22. The molecule has 144 valence electrons. The number of hydrogen-bond donors (Lipinski definition) is 3. The molecule has 1 aromatic carbocycles.